The predicted molar refractivity (Wildman–Crippen MR) is 226 cm³/mol. The molecule has 20 heteroatoms. The number of methoxy groups -OCH3 is 1. The fourth-order valence-corrected chi connectivity index (χ4v) is 9.21. The van der Waals surface area contributed by atoms with Gasteiger partial charge in [-0.2, -0.15) is 11.8 Å². The number of nitrogens with zero attached hydrogens (tertiary/aromatic N) is 4. The quantitative estimate of drug-likeness (QED) is 0.0191. The van der Waals surface area contributed by atoms with E-state index in [1.54, 1.807) is 30.3 Å². The molecule has 3 atom stereocenters. The first kappa shape index (κ1) is 45.7. The highest BCUT2D eigenvalue weighted by Gasteiger charge is 2.42. The van der Waals surface area contributed by atoms with Crippen molar-refractivity contribution in [1.82, 2.24) is 16.0 Å². The highest BCUT2D eigenvalue weighted by Crippen LogP contribution is 2.40. The molecule has 2 saturated heterocycles. The molecule has 0 aromatic heterocycles. The van der Waals surface area contributed by atoms with Crippen LogP contribution in [0.25, 0.3) is 10.4 Å². The third-order valence-electron chi connectivity index (χ3n) is 9.60. The molecule has 0 spiro atoms. The molecule has 2 aliphatic rings. The molecule has 4 amide bonds. The molecular formula is C40H48N8O10S2. The number of nitrogens with one attached hydrogen (secondary N) is 4. The minimum Gasteiger partial charge on any atom is -0.495 e. The van der Waals surface area contributed by atoms with Crippen LogP contribution < -0.4 is 26.0 Å². The highest BCUT2D eigenvalue weighted by molar-refractivity contribution is 8.00. The molecule has 0 saturated carbocycles. The molecule has 320 valence electrons. The summed E-state index contributed by atoms with van der Waals surface area (Å²) in [5.41, 5.74) is 9.96. The van der Waals surface area contributed by atoms with E-state index in [9.17, 15) is 29.3 Å². The number of rotatable bonds is 25. The van der Waals surface area contributed by atoms with Crippen molar-refractivity contribution in [2.75, 3.05) is 70.9 Å². The molecule has 0 radical (unpaired) electrons. The molecule has 60 heavy (non-hydrogen) atoms. The standard InChI is InChI=1S/C40H48N8O10S2/c1-55-34-22-26(6-13-32(34)45-40(52)30-12-7-27(46-47-41)23-36(30)60-29-10-8-28(9-11-29)48(53)54)39(51)43-15-17-57-19-21-58-20-18-56-16-14-42-37(49)5-3-2-4-35-31-24-38(50)44-33(31)25-59-35/h6-13,22-23,31,33,35H,2-5,14-21,24-25H2,1H3,(H,42,49)(H,43,51)(H,44,50)(H,45,52). The van der Waals surface area contributed by atoms with E-state index < -0.39 is 10.8 Å². The summed E-state index contributed by atoms with van der Waals surface area (Å²) in [5.74, 6) is 0.987. The second-order valence-electron chi connectivity index (χ2n) is 13.7. The summed E-state index contributed by atoms with van der Waals surface area (Å²) in [5, 5.41) is 26.7. The largest absolute Gasteiger partial charge is 0.495 e. The Morgan fingerprint density at radius 3 is 2.37 bits per heavy atom. The number of fused-ring (bicyclic) bond motifs is 1. The van der Waals surface area contributed by atoms with Crippen molar-refractivity contribution >= 4 is 64.2 Å². The summed E-state index contributed by atoms with van der Waals surface area (Å²) in [6, 6.07) is 15.3. The lowest BCUT2D eigenvalue weighted by atomic mass is 9.94. The number of thioether (sulfide) groups is 1. The fraction of sp³-hybridized carbons (Fsp3) is 0.450. The maximum atomic E-state index is 13.5. The Morgan fingerprint density at radius 1 is 0.950 bits per heavy atom. The van der Waals surface area contributed by atoms with Crippen LogP contribution in [0.5, 0.6) is 5.75 Å². The van der Waals surface area contributed by atoms with Gasteiger partial charge in [-0.25, -0.2) is 0 Å². The molecule has 3 aromatic carbocycles. The summed E-state index contributed by atoms with van der Waals surface area (Å²) >= 11 is 3.10. The lowest BCUT2D eigenvalue weighted by molar-refractivity contribution is -0.384. The van der Waals surface area contributed by atoms with E-state index in [1.165, 1.54) is 37.4 Å². The van der Waals surface area contributed by atoms with Crippen molar-refractivity contribution in [1.29, 1.82) is 0 Å². The molecule has 0 aliphatic carbocycles. The van der Waals surface area contributed by atoms with Gasteiger partial charge in [0.05, 0.1) is 62.9 Å². The van der Waals surface area contributed by atoms with Crippen LogP contribution in [-0.4, -0.2) is 105 Å². The van der Waals surface area contributed by atoms with Crippen LogP contribution in [0.1, 0.15) is 52.8 Å². The van der Waals surface area contributed by atoms with E-state index in [-0.39, 0.29) is 53.6 Å². The predicted octanol–water partition coefficient (Wildman–Crippen LogP) is 6.03. The number of unbranched alkanes of at least 4 members (excludes halogenated alkanes) is 1. The second-order valence-corrected chi connectivity index (χ2v) is 16.1. The Kier molecular flexibility index (Phi) is 18.3. The van der Waals surface area contributed by atoms with Crippen LogP contribution in [0.4, 0.5) is 17.1 Å². The number of carbonyl (C=O) groups is 4. The molecule has 3 aromatic rings. The number of hydrogen-bond acceptors (Lipinski definition) is 13. The number of ether oxygens (including phenoxy) is 4. The monoisotopic (exact) mass is 864 g/mol. The van der Waals surface area contributed by atoms with E-state index in [2.05, 4.69) is 31.3 Å². The SMILES string of the molecule is COc1cc(C(=O)NCCOCCOCCOCCNC(=O)CCCCC2SCC3NC(=O)CC32)ccc1NC(=O)c1ccc(N=[N+]=[N-])cc1Sc1ccc([N+](=O)[O-])cc1. The molecule has 3 unspecified atom stereocenters. The molecule has 2 fully saturated rings. The van der Waals surface area contributed by atoms with Crippen molar-refractivity contribution in [2.24, 2.45) is 11.0 Å². The van der Waals surface area contributed by atoms with Crippen LogP contribution in [0.3, 0.4) is 0 Å². The van der Waals surface area contributed by atoms with Gasteiger partial charge in [0.2, 0.25) is 11.8 Å². The first-order valence-electron chi connectivity index (χ1n) is 19.4. The molecule has 0 bridgehead atoms. The molecule has 5 rings (SSSR count). The number of carbonyl (C=O) groups excluding carboxylic acids is 4. The van der Waals surface area contributed by atoms with Gasteiger partial charge >= 0.3 is 0 Å². The van der Waals surface area contributed by atoms with Crippen LogP contribution in [0.2, 0.25) is 0 Å². The Balaban J connectivity index is 0.919. The van der Waals surface area contributed by atoms with E-state index in [4.69, 9.17) is 24.5 Å². The fourth-order valence-electron chi connectivity index (χ4n) is 6.58. The molecule has 18 nitrogen and oxygen atoms in total. The van der Waals surface area contributed by atoms with Gasteiger partial charge in [-0.1, -0.05) is 29.4 Å². The number of benzene rings is 3. The molecular weight excluding hydrogens is 817 g/mol. The van der Waals surface area contributed by atoms with Crippen molar-refractivity contribution < 1.29 is 43.0 Å². The summed E-state index contributed by atoms with van der Waals surface area (Å²) in [6.45, 7) is 2.76. The van der Waals surface area contributed by atoms with Crippen molar-refractivity contribution in [3.05, 3.63) is 92.3 Å². The zero-order chi connectivity index (χ0) is 42.7. The van der Waals surface area contributed by atoms with Gasteiger partial charge in [-0.3, -0.25) is 29.3 Å². The Labute approximate surface area is 355 Å². The van der Waals surface area contributed by atoms with E-state index >= 15 is 0 Å². The molecule has 2 heterocycles. The van der Waals surface area contributed by atoms with Crippen molar-refractivity contribution in [3.63, 3.8) is 0 Å². The smallest absolute Gasteiger partial charge is 0.269 e. The number of nitro groups is 1. The normalized spacial score (nSPS) is 16.6. The average molecular weight is 865 g/mol. The minimum atomic E-state index is -0.507. The van der Waals surface area contributed by atoms with Gasteiger partial charge in [-0.15, -0.1) is 0 Å². The Hall–Kier alpha value is -5.37. The Bertz CT molecular complexity index is 2020. The summed E-state index contributed by atoms with van der Waals surface area (Å²) < 4.78 is 22.1. The van der Waals surface area contributed by atoms with Crippen LogP contribution in [-0.2, 0) is 23.8 Å². The number of non-ortho nitro benzene ring substituents is 1. The minimum absolute atomic E-state index is 0.0144. The van der Waals surface area contributed by atoms with Crippen LogP contribution in [0.15, 0.2) is 75.6 Å². The van der Waals surface area contributed by atoms with Gasteiger partial charge in [-0.05, 0) is 60.8 Å². The zero-order valence-electron chi connectivity index (χ0n) is 33.1. The number of azide groups is 1. The third-order valence-corrected chi connectivity index (χ3v) is 12.2. The zero-order valence-corrected chi connectivity index (χ0v) is 34.7. The molecule has 2 aliphatic heterocycles. The first-order chi connectivity index (χ1) is 29.1. The second kappa shape index (κ2) is 24.0. The van der Waals surface area contributed by atoms with Crippen LogP contribution >= 0.6 is 23.5 Å². The van der Waals surface area contributed by atoms with Crippen LogP contribution in [0, 0.1) is 16.0 Å². The number of anilines is 1. The van der Waals surface area contributed by atoms with E-state index in [0.717, 1.165) is 36.8 Å². The van der Waals surface area contributed by atoms with Crippen molar-refractivity contribution in [2.45, 2.75) is 53.2 Å². The highest BCUT2D eigenvalue weighted by atomic mass is 32.2. The van der Waals surface area contributed by atoms with E-state index in [0.29, 0.717) is 90.7 Å². The maximum Gasteiger partial charge on any atom is 0.269 e. The van der Waals surface area contributed by atoms with Gasteiger partial charge < -0.3 is 40.2 Å². The number of nitro benzene ring substituents is 1. The third kappa shape index (κ3) is 14.1. The Morgan fingerprint density at radius 2 is 1.67 bits per heavy atom. The van der Waals surface area contributed by atoms with Gasteiger partial charge in [0.15, 0.2) is 0 Å². The summed E-state index contributed by atoms with van der Waals surface area (Å²) in [7, 11) is 1.41. The number of hydrogen-bond donors (Lipinski definition) is 4. The van der Waals surface area contributed by atoms with Gasteiger partial charge in [0, 0.05) is 87.0 Å². The number of amides is 4. The van der Waals surface area contributed by atoms with Gasteiger partial charge in [0.1, 0.15) is 5.75 Å². The lowest BCUT2D eigenvalue weighted by Gasteiger charge is -2.15. The van der Waals surface area contributed by atoms with Gasteiger partial charge in [0.25, 0.3) is 17.5 Å². The molecule has 4 N–H and O–H groups in total. The van der Waals surface area contributed by atoms with Crippen molar-refractivity contribution in [3.8, 4) is 5.75 Å². The summed E-state index contributed by atoms with van der Waals surface area (Å²) in [6.07, 6.45) is 3.97. The lowest BCUT2D eigenvalue weighted by Crippen LogP contribution is -2.29. The topological polar surface area (TPSA) is 245 Å². The maximum absolute atomic E-state index is 13.5. The first-order valence-corrected chi connectivity index (χ1v) is 21.3. The van der Waals surface area contributed by atoms with E-state index in [1.807, 2.05) is 11.8 Å². The average Bonchev–Trinajstić information content (AvgIpc) is 3.80. The summed E-state index contributed by atoms with van der Waals surface area (Å²) in [4.78, 5) is 64.5.